The first-order chi connectivity index (χ1) is 12.8. The fraction of sp³-hybridized carbons (Fsp3) is 0.450. The average Bonchev–Trinajstić information content (AvgIpc) is 2.73. The van der Waals surface area contributed by atoms with Crippen LogP contribution in [-0.4, -0.2) is 45.2 Å². The van der Waals surface area contributed by atoms with Gasteiger partial charge in [0, 0.05) is 18.8 Å². The number of ether oxygens (including phenoxy) is 2. The van der Waals surface area contributed by atoms with Crippen molar-refractivity contribution in [3.05, 3.63) is 54.2 Å². The van der Waals surface area contributed by atoms with Gasteiger partial charge in [0.2, 0.25) is 4.90 Å². The fourth-order valence-corrected chi connectivity index (χ4v) is 4.40. The summed E-state index contributed by atoms with van der Waals surface area (Å²) in [5.41, 5.74) is 0.753. The molecular formula is C20H26N2O4S. The topological polar surface area (TPSA) is 74.7 Å². The van der Waals surface area contributed by atoms with Gasteiger partial charge in [-0.1, -0.05) is 34.5 Å². The largest absolute Gasteiger partial charge is 0.593 e. The van der Waals surface area contributed by atoms with Gasteiger partial charge in [-0.05, 0) is 38.8 Å². The van der Waals surface area contributed by atoms with Crippen LogP contribution in [0.5, 0.6) is 5.88 Å². The van der Waals surface area contributed by atoms with E-state index >= 15 is 0 Å². The minimum absolute atomic E-state index is 0.108. The molecule has 0 N–H and O–H groups in total. The smallest absolute Gasteiger partial charge is 0.272 e. The first-order valence-corrected chi connectivity index (χ1v) is 10.5. The standard InChI is InChI=1S/C20H26N2O4S/c1-20(2,3)25-15-17-14-22(13-11-16-8-5-4-6-9-16)27(23,24)18-10-7-12-21-19(18)26-17/h4-10,12,17H,11,13-15H2,1-3H3. The van der Waals surface area contributed by atoms with Crippen LogP contribution in [0.3, 0.4) is 0 Å². The number of nitrogens with zero attached hydrogens (tertiary/aromatic N) is 2. The molecule has 1 aliphatic heterocycles. The predicted octanol–water partition coefficient (Wildman–Crippen LogP) is 3.11. The molecule has 0 spiro atoms. The molecule has 7 heteroatoms. The van der Waals surface area contributed by atoms with Crippen molar-refractivity contribution in [2.75, 3.05) is 19.7 Å². The first-order valence-electron chi connectivity index (χ1n) is 9.05. The van der Waals surface area contributed by atoms with E-state index in [0.717, 1.165) is 5.56 Å². The fourth-order valence-electron chi connectivity index (χ4n) is 2.86. The van der Waals surface area contributed by atoms with Gasteiger partial charge >= 0.3 is 0 Å². The van der Waals surface area contributed by atoms with Crippen LogP contribution < -0.4 is 4.74 Å². The molecule has 1 aliphatic rings. The second kappa shape index (κ2) is 8.06. The minimum atomic E-state index is -3.69. The molecular weight excluding hydrogens is 364 g/mol. The Bertz CT molecular complexity index is 807. The number of benzene rings is 1. The summed E-state index contributed by atoms with van der Waals surface area (Å²) in [5.74, 6) is 0.141. The van der Waals surface area contributed by atoms with Crippen LogP contribution in [0.15, 0.2) is 53.6 Å². The van der Waals surface area contributed by atoms with Crippen molar-refractivity contribution in [1.29, 1.82) is 0 Å². The third kappa shape index (κ3) is 5.13. The maximum atomic E-state index is 13.2. The molecule has 0 radical (unpaired) electrons. The summed E-state index contributed by atoms with van der Waals surface area (Å²) in [5, 5.41) is 0. The van der Waals surface area contributed by atoms with Crippen molar-refractivity contribution in [2.45, 2.75) is 43.8 Å². The molecule has 0 fully saturated rings. The van der Waals surface area contributed by atoms with Gasteiger partial charge in [0.15, 0.2) is 10.4 Å². The SMILES string of the molecule is CC(C)(C)OCC1CN(CCc2ccccc2)[S+](=O)([O-])c2cccnc2O1. The molecule has 0 aliphatic carbocycles. The second-order valence-electron chi connectivity index (χ2n) is 7.57. The van der Waals surface area contributed by atoms with Crippen LogP contribution >= 0.6 is 0 Å². The van der Waals surface area contributed by atoms with Gasteiger partial charge in [-0.15, -0.1) is 4.31 Å². The van der Waals surface area contributed by atoms with Gasteiger partial charge in [-0.2, -0.15) is 0 Å². The Kier molecular flexibility index (Phi) is 5.95. The van der Waals surface area contributed by atoms with E-state index < -0.39 is 16.5 Å². The summed E-state index contributed by atoms with van der Waals surface area (Å²) in [4.78, 5) is 4.25. The third-order valence-electron chi connectivity index (χ3n) is 4.23. The highest BCUT2D eigenvalue weighted by molar-refractivity contribution is 7.95. The molecule has 3 rings (SSSR count). The molecule has 0 amide bonds. The Balaban J connectivity index is 1.84. The molecule has 6 nitrogen and oxygen atoms in total. The van der Waals surface area contributed by atoms with E-state index in [1.165, 1.54) is 10.5 Å². The van der Waals surface area contributed by atoms with Gasteiger partial charge < -0.3 is 14.0 Å². The first kappa shape index (κ1) is 19.9. The molecule has 2 atom stereocenters. The van der Waals surface area contributed by atoms with Crippen molar-refractivity contribution in [3.63, 3.8) is 0 Å². The summed E-state index contributed by atoms with van der Waals surface area (Å²) in [6, 6.07) is 13.0. The summed E-state index contributed by atoms with van der Waals surface area (Å²) in [6.45, 7) is 6.76. The van der Waals surface area contributed by atoms with E-state index in [1.54, 1.807) is 12.1 Å². The molecule has 146 valence electrons. The molecule has 0 bridgehead atoms. The number of hydrogen-bond acceptors (Lipinski definition) is 5. The lowest BCUT2D eigenvalue weighted by Crippen LogP contribution is -2.43. The lowest BCUT2D eigenvalue weighted by Gasteiger charge is -2.27. The van der Waals surface area contributed by atoms with Crippen molar-refractivity contribution in [3.8, 4) is 5.88 Å². The summed E-state index contributed by atoms with van der Waals surface area (Å²) in [7, 11) is -3.69. The molecule has 0 saturated heterocycles. The summed E-state index contributed by atoms with van der Waals surface area (Å²) < 4.78 is 39.5. The number of pyridine rings is 1. The zero-order valence-corrected chi connectivity index (χ0v) is 16.8. The minimum Gasteiger partial charge on any atom is -0.593 e. The maximum Gasteiger partial charge on any atom is 0.272 e. The highest BCUT2D eigenvalue weighted by Gasteiger charge is 2.40. The Morgan fingerprint density at radius 1 is 1.26 bits per heavy atom. The van der Waals surface area contributed by atoms with Gasteiger partial charge in [0.05, 0.1) is 18.8 Å². The number of hydrogen-bond donors (Lipinski definition) is 0. The zero-order chi connectivity index (χ0) is 19.5. The quantitative estimate of drug-likeness (QED) is 0.734. The number of rotatable bonds is 5. The normalized spacial score (nSPS) is 23.3. The van der Waals surface area contributed by atoms with Crippen LogP contribution in [0.2, 0.25) is 0 Å². The van der Waals surface area contributed by atoms with E-state index in [0.29, 0.717) is 13.0 Å². The van der Waals surface area contributed by atoms with E-state index in [2.05, 4.69) is 4.98 Å². The van der Waals surface area contributed by atoms with Gasteiger partial charge in [-0.3, -0.25) is 0 Å². The Labute approximate surface area is 161 Å². The molecule has 0 saturated carbocycles. The molecule has 2 heterocycles. The van der Waals surface area contributed by atoms with Crippen LogP contribution in [0, 0.1) is 0 Å². The predicted molar refractivity (Wildman–Crippen MR) is 103 cm³/mol. The number of sulfonamides is 1. The van der Waals surface area contributed by atoms with Gasteiger partial charge in [0.25, 0.3) is 5.88 Å². The van der Waals surface area contributed by atoms with Crippen molar-refractivity contribution in [2.24, 2.45) is 0 Å². The highest BCUT2D eigenvalue weighted by Crippen LogP contribution is 2.32. The molecule has 27 heavy (non-hydrogen) atoms. The summed E-state index contributed by atoms with van der Waals surface area (Å²) in [6.07, 6.45) is 1.74. The number of aromatic nitrogens is 1. The van der Waals surface area contributed by atoms with Crippen LogP contribution in [0.4, 0.5) is 0 Å². The molecule has 1 aromatic heterocycles. The molecule has 1 aromatic carbocycles. The van der Waals surface area contributed by atoms with E-state index in [9.17, 15) is 8.76 Å². The monoisotopic (exact) mass is 390 g/mol. The Morgan fingerprint density at radius 2 is 2.00 bits per heavy atom. The highest BCUT2D eigenvalue weighted by atomic mass is 32.3. The van der Waals surface area contributed by atoms with Crippen molar-refractivity contribution >= 4 is 10.4 Å². The van der Waals surface area contributed by atoms with Gasteiger partial charge in [0.1, 0.15) is 6.10 Å². The van der Waals surface area contributed by atoms with Crippen LogP contribution in [0.1, 0.15) is 26.3 Å². The van der Waals surface area contributed by atoms with Crippen LogP contribution in [-0.2, 0) is 25.8 Å². The van der Waals surface area contributed by atoms with E-state index in [4.69, 9.17) is 9.47 Å². The number of fused-ring (bicyclic) bond motifs is 1. The third-order valence-corrected chi connectivity index (χ3v) is 6.11. The average molecular weight is 391 g/mol. The zero-order valence-electron chi connectivity index (χ0n) is 16.0. The van der Waals surface area contributed by atoms with E-state index in [1.807, 2.05) is 51.1 Å². The van der Waals surface area contributed by atoms with Gasteiger partial charge in [-0.25, -0.2) is 4.98 Å². The lowest BCUT2D eigenvalue weighted by molar-refractivity contribution is -0.0452. The Hall–Kier alpha value is -1.80. The van der Waals surface area contributed by atoms with Crippen molar-refractivity contribution in [1.82, 2.24) is 9.29 Å². The molecule has 2 unspecified atom stereocenters. The van der Waals surface area contributed by atoms with E-state index in [-0.39, 0.29) is 29.5 Å². The summed E-state index contributed by atoms with van der Waals surface area (Å²) >= 11 is 0. The van der Waals surface area contributed by atoms with Crippen LogP contribution in [0.25, 0.3) is 0 Å². The maximum absolute atomic E-state index is 13.2. The second-order valence-corrected chi connectivity index (χ2v) is 9.47. The van der Waals surface area contributed by atoms with Crippen molar-refractivity contribution < 1.29 is 18.2 Å². The lowest BCUT2D eigenvalue weighted by atomic mass is 10.1. The molecule has 2 aromatic rings. The Morgan fingerprint density at radius 3 is 2.70 bits per heavy atom.